The molecule has 1 N–H and O–H groups in total. The number of para-hydroxylation sites is 2. The Kier molecular flexibility index (Phi) is 9.09. The van der Waals surface area contributed by atoms with Gasteiger partial charge >= 0.3 is 0 Å². The van der Waals surface area contributed by atoms with E-state index >= 15 is 0 Å². The molecule has 1 aromatic carbocycles. The van der Waals surface area contributed by atoms with E-state index in [-0.39, 0.29) is 5.82 Å². The van der Waals surface area contributed by atoms with Gasteiger partial charge in [0.15, 0.2) is 5.82 Å². The average molecular weight is 613 g/mol. The zero-order valence-electron chi connectivity index (χ0n) is 26.4. The van der Waals surface area contributed by atoms with Crippen LogP contribution in [0, 0.1) is 22.7 Å². The SMILES string of the molecule is CCCC(CCC(C)[C@@]1(C)CC12CCC(F)CC2)CNc1nc(N2CCOCC2)cc(-n2c(C(F)F)nc3ccccc32)n1. The van der Waals surface area contributed by atoms with Crippen molar-refractivity contribution in [3.05, 3.63) is 36.2 Å². The van der Waals surface area contributed by atoms with Gasteiger partial charge < -0.3 is 15.0 Å². The lowest BCUT2D eigenvalue weighted by molar-refractivity contribution is 0.122. The third-order valence-corrected chi connectivity index (χ3v) is 11.1. The molecule has 3 aliphatic rings. The highest BCUT2D eigenvalue weighted by molar-refractivity contribution is 5.78. The van der Waals surface area contributed by atoms with Gasteiger partial charge in [0.2, 0.25) is 5.95 Å². The Morgan fingerprint density at radius 3 is 2.48 bits per heavy atom. The van der Waals surface area contributed by atoms with Crippen LogP contribution in [-0.4, -0.2) is 58.5 Å². The number of nitrogens with zero attached hydrogens (tertiary/aromatic N) is 5. The fourth-order valence-electron chi connectivity index (χ4n) is 8.04. The third kappa shape index (κ3) is 6.15. The number of hydrogen-bond acceptors (Lipinski definition) is 6. The second-order valence-electron chi connectivity index (χ2n) is 13.7. The number of imidazole rings is 1. The third-order valence-electron chi connectivity index (χ3n) is 11.1. The minimum Gasteiger partial charge on any atom is -0.378 e. The highest BCUT2D eigenvalue weighted by Gasteiger charge is 2.65. The predicted octanol–water partition coefficient (Wildman–Crippen LogP) is 8.14. The van der Waals surface area contributed by atoms with Crippen molar-refractivity contribution in [3.63, 3.8) is 0 Å². The molecule has 240 valence electrons. The standard InChI is InChI=1S/C34H47F3N6O/c1-4-7-24(11-10-23(2)33(3)22-34(33)14-12-25(35)13-15-34)21-38-32-40-28(42-16-18-44-19-17-42)20-29(41-32)43-27-9-6-5-8-26(27)39-31(43)30(36)37/h5-6,8-9,20,23-25,30H,4,7,10-19,21-22H2,1-3H3,(H,38,40,41)/t23?,24?,25?,33-,34?/m1/s1. The number of hydrogen-bond donors (Lipinski definition) is 1. The lowest BCUT2D eigenvalue weighted by Gasteiger charge is -2.33. The molecule has 1 saturated heterocycles. The average Bonchev–Trinajstić information content (AvgIpc) is 3.42. The second kappa shape index (κ2) is 12.9. The number of alkyl halides is 3. The summed E-state index contributed by atoms with van der Waals surface area (Å²) in [5, 5.41) is 3.50. The molecule has 6 rings (SSSR count). The van der Waals surface area contributed by atoms with Gasteiger partial charge in [0.05, 0.1) is 24.2 Å². The van der Waals surface area contributed by atoms with Crippen LogP contribution in [0.15, 0.2) is 30.3 Å². The summed E-state index contributed by atoms with van der Waals surface area (Å²) >= 11 is 0. The topological polar surface area (TPSA) is 68.1 Å². The number of benzene rings is 1. The number of halogens is 3. The minimum atomic E-state index is -2.75. The molecule has 1 aliphatic heterocycles. The van der Waals surface area contributed by atoms with Crippen molar-refractivity contribution in [2.75, 3.05) is 43.1 Å². The molecule has 3 atom stereocenters. The van der Waals surface area contributed by atoms with E-state index < -0.39 is 12.6 Å². The molecule has 2 unspecified atom stereocenters. The fraction of sp³-hybridized carbons (Fsp3) is 0.676. The Morgan fingerprint density at radius 1 is 1.02 bits per heavy atom. The number of aromatic nitrogens is 4. The summed E-state index contributed by atoms with van der Waals surface area (Å²) in [5.41, 5.74) is 1.76. The maximum atomic E-state index is 14.2. The van der Waals surface area contributed by atoms with Crippen LogP contribution in [0.3, 0.4) is 0 Å². The molecule has 44 heavy (non-hydrogen) atoms. The van der Waals surface area contributed by atoms with Gasteiger partial charge in [-0.15, -0.1) is 0 Å². The van der Waals surface area contributed by atoms with Gasteiger partial charge in [-0.25, -0.2) is 18.2 Å². The highest BCUT2D eigenvalue weighted by Crippen LogP contribution is 2.74. The first kappa shape index (κ1) is 31.1. The van der Waals surface area contributed by atoms with E-state index in [0.717, 1.165) is 51.4 Å². The summed E-state index contributed by atoms with van der Waals surface area (Å²) in [5.74, 6) is 2.21. The van der Waals surface area contributed by atoms with Crippen molar-refractivity contribution < 1.29 is 17.9 Å². The van der Waals surface area contributed by atoms with Crippen LogP contribution in [0.25, 0.3) is 16.9 Å². The van der Waals surface area contributed by atoms with Crippen LogP contribution in [-0.2, 0) is 4.74 Å². The van der Waals surface area contributed by atoms with Crippen molar-refractivity contribution >= 4 is 22.8 Å². The second-order valence-corrected chi connectivity index (χ2v) is 13.7. The lowest BCUT2D eigenvalue weighted by atomic mass is 9.73. The van der Waals surface area contributed by atoms with Crippen molar-refractivity contribution in [2.45, 2.75) is 91.2 Å². The molecule has 0 amide bonds. The first-order valence-corrected chi connectivity index (χ1v) is 16.6. The molecule has 3 aromatic rings. The van der Waals surface area contributed by atoms with Gasteiger partial charge in [0, 0.05) is 25.7 Å². The lowest BCUT2D eigenvalue weighted by Crippen LogP contribution is -2.37. The summed E-state index contributed by atoms with van der Waals surface area (Å²) in [4.78, 5) is 16.0. The molecule has 7 nitrogen and oxygen atoms in total. The van der Waals surface area contributed by atoms with E-state index in [1.54, 1.807) is 24.3 Å². The molecule has 3 fully saturated rings. The summed E-state index contributed by atoms with van der Waals surface area (Å²) in [7, 11) is 0. The van der Waals surface area contributed by atoms with Gasteiger partial charge in [-0.2, -0.15) is 9.97 Å². The van der Waals surface area contributed by atoms with Gasteiger partial charge in [-0.05, 0) is 86.2 Å². The van der Waals surface area contributed by atoms with Crippen molar-refractivity contribution in [3.8, 4) is 5.82 Å². The zero-order chi connectivity index (χ0) is 30.9. The van der Waals surface area contributed by atoms with E-state index in [0.29, 0.717) is 84.1 Å². The first-order chi connectivity index (χ1) is 21.2. The molecular formula is C34H47F3N6O. The Labute approximate surface area is 259 Å². The van der Waals surface area contributed by atoms with Gasteiger partial charge in [0.25, 0.3) is 6.43 Å². The summed E-state index contributed by atoms with van der Waals surface area (Å²) in [6.07, 6.45) is 5.80. The van der Waals surface area contributed by atoms with E-state index in [1.165, 1.54) is 11.0 Å². The van der Waals surface area contributed by atoms with E-state index in [9.17, 15) is 13.2 Å². The van der Waals surface area contributed by atoms with Crippen LogP contribution in [0.5, 0.6) is 0 Å². The monoisotopic (exact) mass is 612 g/mol. The van der Waals surface area contributed by atoms with E-state index in [4.69, 9.17) is 14.7 Å². The quantitative estimate of drug-likeness (QED) is 0.223. The molecule has 0 radical (unpaired) electrons. The zero-order valence-corrected chi connectivity index (χ0v) is 26.4. The van der Waals surface area contributed by atoms with Crippen molar-refractivity contribution in [2.24, 2.45) is 22.7 Å². The normalized spacial score (nSPS) is 26.8. The summed E-state index contributed by atoms with van der Waals surface area (Å²) in [6.45, 7) is 10.3. The smallest absolute Gasteiger partial charge is 0.296 e. The molecular weight excluding hydrogens is 565 g/mol. The van der Waals surface area contributed by atoms with E-state index in [1.807, 2.05) is 6.07 Å². The number of rotatable bonds is 12. The molecule has 3 heterocycles. The van der Waals surface area contributed by atoms with Crippen LogP contribution in [0.2, 0.25) is 0 Å². The molecule has 1 spiro atoms. The van der Waals surface area contributed by atoms with Gasteiger partial charge in [-0.3, -0.25) is 4.57 Å². The number of anilines is 2. The molecule has 2 saturated carbocycles. The van der Waals surface area contributed by atoms with Gasteiger partial charge in [-0.1, -0.05) is 39.3 Å². The van der Waals surface area contributed by atoms with Gasteiger partial charge in [0.1, 0.15) is 17.8 Å². The number of nitrogens with one attached hydrogen (secondary N) is 1. The fourth-order valence-corrected chi connectivity index (χ4v) is 8.04. The Hall–Kier alpha value is -2.88. The number of morpholine rings is 1. The van der Waals surface area contributed by atoms with Crippen LogP contribution < -0.4 is 10.2 Å². The Morgan fingerprint density at radius 2 is 1.75 bits per heavy atom. The Bertz CT molecular complexity index is 1420. The number of fused-ring (bicyclic) bond motifs is 1. The maximum absolute atomic E-state index is 14.2. The molecule has 2 aromatic heterocycles. The maximum Gasteiger partial charge on any atom is 0.296 e. The molecule has 10 heteroatoms. The first-order valence-electron chi connectivity index (χ1n) is 16.6. The van der Waals surface area contributed by atoms with E-state index in [2.05, 4.69) is 36.0 Å². The molecule has 0 bridgehead atoms. The predicted molar refractivity (Wildman–Crippen MR) is 168 cm³/mol. The van der Waals surface area contributed by atoms with Crippen molar-refractivity contribution in [1.82, 2.24) is 19.5 Å². The van der Waals surface area contributed by atoms with Crippen LogP contribution >= 0.6 is 0 Å². The largest absolute Gasteiger partial charge is 0.378 e. The Balaban J connectivity index is 1.20. The molecule has 2 aliphatic carbocycles. The van der Waals surface area contributed by atoms with Crippen molar-refractivity contribution in [1.29, 1.82) is 0 Å². The summed E-state index contributed by atoms with van der Waals surface area (Å²) in [6, 6.07) is 8.94. The minimum absolute atomic E-state index is 0.317. The summed E-state index contributed by atoms with van der Waals surface area (Å²) < 4.78 is 49.3. The van der Waals surface area contributed by atoms with Crippen LogP contribution in [0.4, 0.5) is 24.9 Å². The van der Waals surface area contributed by atoms with Crippen LogP contribution in [0.1, 0.15) is 90.8 Å². The number of ether oxygens (including phenoxy) is 1. The highest BCUT2D eigenvalue weighted by atomic mass is 19.3.